The topological polar surface area (TPSA) is 87.7 Å². The molecule has 0 aromatic heterocycles. The summed E-state index contributed by atoms with van der Waals surface area (Å²) in [6.07, 6.45) is 0.965. The number of anilines is 1. The van der Waals surface area contributed by atoms with E-state index in [0.717, 1.165) is 35.1 Å². The Bertz CT molecular complexity index is 1130. The maximum Gasteiger partial charge on any atom is 0.408 e. The maximum atomic E-state index is 14.2. The first-order valence-corrected chi connectivity index (χ1v) is 13.0. The zero-order valence-electron chi connectivity index (χ0n) is 23.3. The summed E-state index contributed by atoms with van der Waals surface area (Å²) in [5, 5.41) is 5.84. The summed E-state index contributed by atoms with van der Waals surface area (Å²) in [4.78, 5) is 42.4. The van der Waals surface area contributed by atoms with Crippen LogP contribution in [0.4, 0.5) is 10.5 Å². The molecule has 0 spiro atoms. The molecule has 1 aliphatic carbocycles. The molecular formula is C30H41N3O4. The third-order valence-corrected chi connectivity index (χ3v) is 6.29. The number of hydrogen-bond acceptors (Lipinski definition) is 4. The van der Waals surface area contributed by atoms with E-state index in [1.54, 1.807) is 25.7 Å². The highest BCUT2D eigenvalue weighted by Crippen LogP contribution is 2.37. The molecule has 1 fully saturated rings. The van der Waals surface area contributed by atoms with Gasteiger partial charge in [0.15, 0.2) is 0 Å². The molecule has 3 amide bonds. The van der Waals surface area contributed by atoms with Crippen LogP contribution in [0, 0.1) is 26.7 Å². The predicted octanol–water partition coefficient (Wildman–Crippen LogP) is 5.83. The van der Waals surface area contributed by atoms with Crippen LogP contribution in [-0.2, 0) is 14.3 Å². The number of ether oxygens (including phenoxy) is 1. The molecule has 2 aromatic carbocycles. The van der Waals surface area contributed by atoms with Gasteiger partial charge in [-0.05, 0) is 77.5 Å². The zero-order valence-corrected chi connectivity index (χ0v) is 23.3. The number of amides is 3. The Labute approximate surface area is 221 Å². The highest BCUT2D eigenvalue weighted by atomic mass is 16.6. The van der Waals surface area contributed by atoms with E-state index in [0.29, 0.717) is 5.69 Å². The Morgan fingerprint density at radius 1 is 0.973 bits per heavy atom. The van der Waals surface area contributed by atoms with Crippen molar-refractivity contribution in [2.75, 3.05) is 5.32 Å². The Kier molecular flexibility index (Phi) is 8.67. The van der Waals surface area contributed by atoms with Crippen LogP contribution in [0.25, 0.3) is 0 Å². The van der Waals surface area contributed by atoms with E-state index in [4.69, 9.17) is 4.74 Å². The van der Waals surface area contributed by atoms with Crippen LogP contribution in [0.5, 0.6) is 0 Å². The molecule has 3 rings (SSSR count). The zero-order chi connectivity index (χ0) is 27.5. The van der Waals surface area contributed by atoms with Crippen molar-refractivity contribution in [3.8, 4) is 0 Å². The molecule has 0 bridgehead atoms. The van der Waals surface area contributed by atoms with Gasteiger partial charge < -0.3 is 20.3 Å². The molecule has 0 radical (unpaired) electrons. The lowest BCUT2D eigenvalue weighted by molar-refractivity contribution is -0.142. The molecule has 0 saturated heterocycles. The van der Waals surface area contributed by atoms with E-state index in [9.17, 15) is 14.4 Å². The fraction of sp³-hybridized carbons (Fsp3) is 0.500. The Hall–Kier alpha value is -3.35. The molecule has 1 aliphatic rings. The fourth-order valence-electron chi connectivity index (χ4n) is 4.50. The van der Waals surface area contributed by atoms with Crippen molar-refractivity contribution in [3.63, 3.8) is 0 Å². The summed E-state index contributed by atoms with van der Waals surface area (Å²) in [6, 6.07) is 11.8. The van der Waals surface area contributed by atoms with Gasteiger partial charge in [0.05, 0.1) is 0 Å². The molecule has 0 aliphatic heterocycles. The molecule has 2 aromatic rings. The van der Waals surface area contributed by atoms with Crippen molar-refractivity contribution in [2.24, 2.45) is 5.92 Å². The minimum Gasteiger partial charge on any atom is -0.444 e. The summed E-state index contributed by atoms with van der Waals surface area (Å²) in [5.74, 6) is -0.771. The van der Waals surface area contributed by atoms with Crippen LogP contribution in [0.3, 0.4) is 0 Å². The van der Waals surface area contributed by atoms with Crippen molar-refractivity contribution in [2.45, 2.75) is 92.0 Å². The van der Waals surface area contributed by atoms with Gasteiger partial charge in [0.1, 0.15) is 17.7 Å². The number of aryl methyl sites for hydroxylation is 3. The third-order valence-electron chi connectivity index (χ3n) is 6.29. The van der Waals surface area contributed by atoms with E-state index in [2.05, 4.69) is 10.6 Å². The number of alkyl carbamates (subject to hydrolysis) is 1. The van der Waals surface area contributed by atoms with Gasteiger partial charge in [0.2, 0.25) is 5.91 Å². The van der Waals surface area contributed by atoms with Crippen LogP contribution in [-0.4, -0.2) is 40.5 Å². The number of nitrogens with one attached hydrogen (secondary N) is 2. The third kappa shape index (κ3) is 7.57. The van der Waals surface area contributed by atoms with Crippen LogP contribution in [0.1, 0.15) is 75.8 Å². The lowest BCUT2D eigenvalue weighted by atomic mass is 9.96. The van der Waals surface area contributed by atoms with Gasteiger partial charge in [-0.2, -0.15) is 0 Å². The highest BCUT2D eigenvalue weighted by Gasteiger charge is 2.45. The van der Waals surface area contributed by atoms with Gasteiger partial charge in [-0.25, -0.2) is 4.79 Å². The highest BCUT2D eigenvalue weighted by molar-refractivity contribution is 5.99. The normalized spacial score (nSPS) is 15.1. The number of hydrogen-bond donors (Lipinski definition) is 2. The van der Waals surface area contributed by atoms with E-state index in [-0.39, 0.29) is 23.8 Å². The lowest BCUT2D eigenvalue weighted by Crippen LogP contribution is -2.55. The second-order valence-corrected chi connectivity index (χ2v) is 11.5. The molecular weight excluding hydrogens is 466 g/mol. The largest absolute Gasteiger partial charge is 0.444 e. The first kappa shape index (κ1) is 28.2. The second-order valence-electron chi connectivity index (χ2n) is 11.5. The summed E-state index contributed by atoms with van der Waals surface area (Å²) in [7, 11) is 0. The van der Waals surface area contributed by atoms with E-state index in [1.165, 1.54) is 0 Å². The average molecular weight is 508 g/mol. The molecule has 200 valence electrons. The maximum absolute atomic E-state index is 14.2. The molecule has 2 N–H and O–H groups in total. The summed E-state index contributed by atoms with van der Waals surface area (Å²) in [5.41, 5.74) is 3.73. The standard InChI is InChI=1S/C30H41N3O4/c1-18(2)25(32-29(36)37-30(6,7)8)28(35)33(23-13-14-23)26(22-16-19(3)15-20(4)17-22)27(34)31-24-12-10-9-11-21(24)5/h9-12,15-18,23,25-26H,13-14H2,1-8H3,(H,31,34)(H,32,36). The van der Waals surface area contributed by atoms with E-state index < -0.39 is 23.8 Å². The number of carbonyl (C=O) groups is 3. The first-order valence-electron chi connectivity index (χ1n) is 13.0. The van der Waals surface area contributed by atoms with Gasteiger partial charge in [0, 0.05) is 11.7 Å². The molecule has 1 saturated carbocycles. The minimum absolute atomic E-state index is 0.0809. The predicted molar refractivity (Wildman–Crippen MR) is 146 cm³/mol. The number of benzene rings is 2. The van der Waals surface area contributed by atoms with Gasteiger partial charge in [-0.3, -0.25) is 9.59 Å². The smallest absolute Gasteiger partial charge is 0.408 e. The molecule has 7 nitrogen and oxygen atoms in total. The second kappa shape index (κ2) is 11.4. The van der Waals surface area contributed by atoms with Crippen LogP contribution >= 0.6 is 0 Å². The van der Waals surface area contributed by atoms with Crippen molar-refractivity contribution < 1.29 is 19.1 Å². The quantitative estimate of drug-likeness (QED) is 0.470. The molecule has 7 heteroatoms. The average Bonchev–Trinajstić information content (AvgIpc) is 3.59. The SMILES string of the molecule is Cc1cc(C)cc(C(C(=O)Nc2ccccc2C)N(C(=O)C(NC(=O)OC(C)(C)C)C(C)C)C2CC2)c1. The number of nitrogens with zero attached hydrogens (tertiary/aromatic N) is 1. The van der Waals surface area contributed by atoms with Crippen molar-refractivity contribution in [3.05, 3.63) is 64.7 Å². The number of rotatable bonds is 8. The minimum atomic E-state index is -0.847. The van der Waals surface area contributed by atoms with E-state index >= 15 is 0 Å². The monoisotopic (exact) mass is 507 g/mol. The number of para-hydroxylation sites is 1. The molecule has 37 heavy (non-hydrogen) atoms. The summed E-state index contributed by atoms with van der Waals surface area (Å²) >= 11 is 0. The van der Waals surface area contributed by atoms with Crippen LogP contribution in [0.2, 0.25) is 0 Å². The first-order chi connectivity index (χ1) is 17.3. The Morgan fingerprint density at radius 3 is 2.08 bits per heavy atom. The van der Waals surface area contributed by atoms with Gasteiger partial charge in [-0.15, -0.1) is 0 Å². The Morgan fingerprint density at radius 2 is 1.57 bits per heavy atom. The van der Waals surface area contributed by atoms with Gasteiger partial charge in [-0.1, -0.05) is 61.4 Å². The summed E-state index contributed by atoms with van der Waals surface area (Å²) < 4.78 is 5.44. The van der Waals surface area contributed by atoms with Gasteiger partial charge >= 0.3 is 6.09 Å². The van der Waals surface area contributed by atoms with E-state index in [1.807, 2.05) is 77.1 Å². The summed E-state index contributed by atoms with van der Waals surface area (Å²) in [6.45, 7) is 15.0. The van der Waals surface area contributed by atoms with Crippen LogP contribution < -0.4 is 10.6 Å². The molecule has 2 atom stereocenters. The number of carbonyl (C=O) groups excluding carboxylic acids is 3. The van der Waals surface area contributed by atoms with Crippen molar-refractivity contribution in [1.82, 2.24) is 10.2 Å². The molecule has 2 unspecified atom stereocenters. The van der Waals surface area contributed by atoms with Crippen molar-refractivity contribution >= 4 is 23.6 Å². The fourth-order valence-corrected chi connectivity index (χ4v) is 4.50. The lowest BCUT2D eigenvalue weighted by Gasteiger charge is -2.36. The molecule has 0 heterocycles. The van der Waals surface area contributed by atoms with Crippen LogP contribution in [0.15, 0.2) is 42.5 Å². The van der Waals surface area contributed by atoms with Gasteiger partial charge in [0.25, 0.3) is 5.91 Å². The van der Waals surface area contributed by atoms with Crippen molar-refractivity contribution in [1.29, 1.82) is 0 Å². The Balaban J connectivity index is 2.02.